The van der Waals surface area contributed by atoms with Gasteiger partial charge in [-0.3, -0.25) is 9.59 Å². The zero-order chi connectivity index (χ0) is 20.7. The number of carbonyl (C=O) groups excluding carboxylic acids is 2. The maximum absolute atomic E-state index is 10.6. The third-order valence-electron chi connectivity index (χ3n) is 1.87. The van der Waals surface area contributed by atoms with Crippen molar-refractivity contribution in [3.8, 4) is 0 Å². The van der Waals surface area contributed by atoms with Gasteiger partial charge in [-0.05, 0) is 0 Å². The summed E-state index contributed by atoms with van der Waals surface area (Å²) in [7, 11) is 0. The van der Waals surface area contributed by atoms with Crippen molar-refractivity contribution in [1.82, 2.24) is 4.90 Å². The molecular weight excluding hydrogens is 514 g/mol. The average molecular weight is 537 g/mol. The van der Waals surface area contributed by atoms with Crippen LogP contribution in [0.2, 0.25) is 0 Å². The van der Waals surface area contributed by atoms with E-state index in [0.29, 0.717) is 13.1 Å². The number of nitrogens with zero attached hydrogens (tertiary/aromatic N) is 1. The molecule has 25 heavy (non-hydrogen) atoms. The molecule has 1 unspecified atom stereocenters. The van der Waals surface area contributed by atoms with Gasteiger partial charge in [-0.15, -0.1) is 0 Å². The van der Waals surface area contributed by atoms with Gasteiger partial charge in [0, 0.05) is 26.9 Å². The molecule has 0 spiro atoms. The first-order valence-electron chi connectivity index (χ1n) is 6.45. The molecule has 14 heteroatoms. The van der Waals surface area contributed by atoms with Crippen LogP contribution in [0.3, 0.4) is 0 Å². The Hall–Kier alpha value is -0.643. The molecular formula is C11H23Mo2NO11. The summed E-state index contributed by atoms with van der Waals surface area (Å²) in [5.41, 5.74) is 0. The average Bonchev–Trinajstić information content (AvgIpc) is 2.54. The van der Waals surface area contributed by atoms with Crippen molar-refractivity contribution in [2.45, 2.75) is 20.0 Å². The number of esters is 1. The summed E-state index contributed by atoms with van der Waals surface area (Å²) < 4.78 is 38.4. The van der Waals surface area contributed by atoms with Gasteiger partial charge in [0.2, 0.25) is 5.91 Å². The fraction of sp³-hybridized carbons (Fsp3) is 0.818. The van der Waals surface area contributed by atoms with E-state index >= 15 is 0 Å². The van der Waals surface area contributed by atoms with E-state index in [-0.39, 0.29) is 32.3 Å². The second-order valence-corrected chi connectivity index (χ2v) is 4.40. The van der Waals surface area contributed by atoms with Gasteiger partial charge in [-0.25, -0.2) is 0 Å². The molecule has 0 aromatic carbocycles. The molecule has 12 nitrogen and oxygen atoms in total. The number of aliphatic hydroxyl groups excluding tert-OH is 4. The molecule has 1 amide bonds. The van der Waals surface area contributed by atoms with Crippen LogP contribution in [0, 0.1) is 0 Å². The van der Waals surface area contributed by atoms with Crippen LogP contribution < -0.4 is 0 Å². The van der Waals surface area contributed by atoms with E-state index < -0.39 is 49.1 Å². The van der Waals surface area contributed by atoms with Crippen LogP contribution >= 0.6 is 0 Å². The number of aliphatic hydroxyl groups is 4. The van der Waals surface area contributed by atoms with Gasteiger partial charge in [-0.1, -0.05) is 0 Å². The van der Waals surface area contributed by atoms with E-state index in [1.54, 1.807) is 0 Å². The van der Waals surface area contributed by atoms with Crippen molar-refractivity contribution in [2.24, 2.45) is 0 Å². The summed E-state index contributed by atoms with van der Waals surface area (Å²) in [6.45, 7) is 2.62. The number of hydrogen-bond acceptors (Lipinski definition) is 11. The SMILES string of the molecule is CC(=O)N(CCO)CCO.CC(=O)OCC(O)CO.[O]=[Mo]=[O].[O]=[Mo]=[O]. The van der Waals surface area contributed by atoms with Gasteiger partial charge in [0.05, 0.1) is 19.8 Å². The van der Waals surface area contributed by atoms with Crippen molar-refractivity contribution in [3.05, 3.63) is 0 Å². The van der Waals surface area contributed by atoms with Gasteiger partial charge in [-0.2, -0.15) is 0 Å². The van der Waals surface area contributed by atoms with Crippen molar-refractivity contribution in [3.63, 3.8) is 0 Å². The monoisotopic (exact) mass is 541 g/mol. The Labute approximate surface area is 161 Å². The zero-order valence-electron chi connectivity index (χ0n) is 13.7. The molecule has 0 aliphatic heterocycles. The molecule has 0 aromatic heterocycles. The zero-order valence-corrected chi connectivity index (χ0v) is 17.7. The molecule has 0 aliphatic rings. The molecule has 0 saturated carbocycles. The first-order valence-corrected chi connectivity index (χ1v) is 9.72. The van der Waals surface area contributed by atoms with Gasteiger partial charge in [0.1, 0.15) is 12.7 Å². The number of ether oxygens (including phenoxy) is 1. The van der Waals surface area contributed by atoms with E-state index in [2.05, 4.69) is 4.74 Å². The molecule has 0 fully saturated rings. The van der Waals surface area contributed by atoms with E-state index in [9.17, 15) is 9.59 Å². The van der Waals surface area contributed by atoms with Crippen molar-refractivity contribution >= 4 is 11.9 Å². The number of amides is 1. The molecule has 0 bridgehead atoms. The summed E-state index contributed by atoms with van der Waals surface area (Å²) in [6.07, 6.45) is -0.950. The van der Waals surface area contributed by atoms with Crippen LogP contribution in [0.1, 0.15) is 13.8 Å². The number of rotatable bonds is 7. The van der Waals surface area contributed by atoms with Gasteiger partial charge < -0.3 is 30.1 Å². The number of hydrogen-bond donors (Lipinski definition) is 4. The van der Waals surface area contributed by atoms with Crippen molar-refractivity contribution in [1.29, 1.82) is 0 Å². The van der Waals surface area contributed by atoms with Crippen LogP contribution in [-0.4, -0.2) is 82.8 Å². The molecule has 0 saturated heterocycles. The quantitative estimate of drug-likeness (QED) is 0.194. The Bertz CT molecular complexity index is 377. The molecule has 0 radical (unpaired) electrons. The Morgan fingerprint density at radius 1 is 0.960 bits per heavy atom. The fourth-order valence-corrected chi connectivity index (χ4v) is 0.934. The van der Waals surface area contributed by atoms with Gasteiger partial charge in [0.15, 0.2) is 0 Å². The first-order chi connectivity index (χ1) is 11.7. The third-order valence-corrected chi connectivity index (χ3v) is 1.87. The van der Waals surface area contributed by atoms with E-state index in [1.165, 1.54) is 18.7 Å². The van der Waals surface area contributed by atoms with E-state index in [0.717, 1.165) is 0 Å². The topological polar surface area (TPSA) is 196 Å². The van der Waals surface area contributed by atoms with Crippen molar-refractivity contribution < 1.29 is 85.3 Å². The molecule has 4 N–H and O–H groups in total. The van der Waals surface area contributed by atoms with Gasteiger partial charge in [0.25, 0.3) is 0 Å². The predicted molar refractivity (Wildman–Crippen MR) is 68.9 cm³/mol. The minimum atomic E-state index is -2.03. The van der Waals surface area contributed by atoms with Crippen LogP contribution in [0.5, 0.6) is 0 Å². The van der Waals surface area contributed by atoms with Crippen LogP contribution in [0.15, 0.2) is 0 Å². The fourth-order valence-electron chi connectivity index (χ4n) is 0.934. The Kier molecular flexibility index (Phi) is 36.1. The van der Waals surface area contributed by atoms with Crippen LogP contribution in [0.25, 0.3) is 0 Å². The van der Waals surface area contributed by atoms with Crippen LogP contribution in [-0.2, 0) is 64.9 Å². The minimum absolute atomic E-state index is 0.0560. The predicted octanol–water partition coefficient (Wildman–Crippen LogP) is -2.76. The Balaban J connectivity index is -0.000000135. The summed E-state index contributed by atoms with van der Waals surface area (Å²) in [4.78, 5) is 22.1. The molecule has 1 atom stereocenters. The maximum atomic E-state index is 10.6. The standard InChI is InChI=1S/C6H13NO3.C5H10O4.2Mo.4O/c1-6(10)7(2-4-8)3-5-9;1-4(7)9-3-5(8)2-6;;;;;;/h8-9H,2-5H2,1H3;5-6,8H,2-3H2,1H3;;;;;;. The van der Waals surface area contributed by atoms with Crippen molar-refractivity contribution in [2.75, 3.05) is 39.5 Å². The second kappa shape index (κ2) is 28.2. The Morgan fingerprint density at radius 2 is 1.32 bits per heavy atom. The summed E-state index contributed by atoms with van der Waals surface area (Å²) in [6, 6.07) is 0. The molecule has 0 rings (SSSR count). The van der Waals surface area contributed by atoms with E-state index in [1.807, 2.05) is 0 Å². The molecule has 0 aliphatic carbocycles. The summed E-state index contributed by atoms with van der Waals surface area (Å²) in [5.74, 6) is -0.578. The third kappa shape index (κ3) is 39.8. The molecule has 0 heterocycles. The van der Waals surface area contributed by atoms with Crippen LogP contribution in [0.4, 0.5) is 0 Å². The first kappa shape index (κ1) is 32.1. The summed E-state index contributed by atoms with van der Waals surface area (Å²) >= 11 is -4.06. The van der Waals surface area contributed by atoms with Gasteiger partial charge >= 0.3 is 56.5 Å². The second-order valence-electron chi connectivity index (χ2n) is 3.73. The number of carbonyl (C=O) groups is 2. The summed E-state index contributed by atoms with van der Waals surface area (Å²) in [5, 5.41) is 33.7. The molecule has 150 valence electrons. The Morgan fingerprint density at radius 3 is 1.52 bits per heavy atom. The van der Waals surface area contributed by atoms with E-state index in [4.69, 9.17) is 34.0 Å². The normalized spacial score (nSPS) is 9.36. The molecule has 0 aromatic rings.